The lowest BCUT2D eigenvalue weighted by atomic mass is 9.78. The van der Waals surface area contributed by atoms with Crippen molar-refractivity contribution in [2.24, 2.45) is 11.8 Å². The van der Waals surface area contributed by atoms with Crippen molar-refractivity contribution in [1.29, 1.82) is 0 Å². The van der Waals surface area contributed by atoms with Crippen LogP contribution in [0.15, 0.2) is 24.3 Å². The normalized spacial score (nSPS) is 27.1. The van der Waals surface area contributed by atoms with E-state index >= 15 is 0 Å². The van der Waals surface area contributed by atoms with Gasteiger partial charge in [-0.25, -0.2) is 0 Å². The van der Waals surface area contributed by atoms with Gasteiger partial charge in [0.15, 0.2) is 0 Å². The lowest BCUT2D eigenvalue weighted by molar-refractivity contribution is -0.123. The van der Waals surface area contributed by atoms with Gasteiger partial charge >= 0.3 is 0 Å². The van der Waals surface area contributed by atoms with Crippen molar-refractivity contribution >= 4 is 11.6 Å². The highest BCUT2D eigenvalue weighted by Crippen LogP contribution is 2.39. The second-order valence-corrected chi connectivity index (χ2v) is 9.87. The number of Topliss-reactive ketones (excluding diaryl/α,β-unsaturated/α-hetero) is 2. The number of nitrogens with zero attached hydrogens (tertiary/aromatic N) is 4. The van der Waals surface area contributed by atoms with Gasteiger partial charge < -0.3 is 9.47 Å². The Hall–Kier alpha value is -2.58. The van der Waals surface area contributed by atoms with Gasteiger partial charge in [0, 0.05) is 36.9 Å². The largest absolute Gasteiger partial charge is 0.381 e. The predicted molar refractivity (Wildman–Crippen MR) is 123 cm³/mol. The Morgan fingerprint density at radius 3 is 1.59 bits per heavy atom. The molecule has 4 heterocycles. The number of hydrogen-bond donors (Lipinski definition) is 0. The summed E-state index contributed by atoms with van der Waals surface area (Å²) in [6.07, 6.45) is 6.48. The molecule has 34 heavy (non-hydrogen) atoms. The molecule has 0 spiro atoms. The zero-order valence-corrected chi connectivity index (χ0v) is 19.5. The Bertz CT molecular complexity index is 903. The summed E-state index contributed by atoms with van der Waals surface area (Å²) in [6.45, 7) is 2.41. The van der Waals surface area contributed by atoms with Gasteiger partial charge in [-0.15, -0.1) is 0 Å². The second kappa shape index (κ2) is 10.8. The standard InChI is InChI=1S/C26H32N4O4/c31-25(19-8-10-33-15-19)13-21-4-6-23(29-27-21)17-2-1-3-18(12-17)24-7-5-22(28-30-24)14-26(32)20-9-11-34-16-20/h4-7,17-20H,1-3,8-16H2/t17-,18-,19?,20?/m0/s1. The number of hydrogen-bond acceptors (Lipinski definition) is 8. The molecule has 8 nitrogen and oxygen atoms in total. The molecule has 5 rings (SSSR count). The van der Waals surface area contributed by atoms with Crippen LogP contribution < -0.4 is 0 Å². The summed E-state index contributed by atoms with van der Waals surface area (Å²) in [7, 11) is 0. The summed E-state index contributed by atoms with van der Waals surface area (Å²) in [4.78, 5) is 24.7. The summed E-state index contributed by atoms with van der Waals surface area (Å²) >= 11 is 0. The topological polar surface area (TPSA) is 104 Å². The first-order valence-corrected chi connectivity index (χ1v) is 12.5. The molecular weight excluding hydrogens is 432 g/mol. The highest BCUT2D eigenvalue weighted by atomic mass is 16.5. The Kier molecular flexibility index (Phi) is 7.35. The van der Waals surface area contributed by atoms with Gasteiger partial charge in [0.25, 0.3) is 0 Å². The molecule has 0 aromatic carbocycles. The second-order valence-electron chi connectivity index (χ2n) is 9.87. The smallest absolute Gasteiger partial charge is 0.144 e. The highest BCUT2D eigenvalue weighted by Gasteiger charge is 2.28. The number of aromatic nitrogens is 4. The van der Waals surface area contributed by atoms with Crippen LogP contribution in [0, 0.1) is 11.8 Å². The summed E-state index contributed by atoms with van der Waals surface area (Å²) in [6, 6.07) is 7.95. The molecule has 0 radical (unpaired) electrons. The first-order valence-electron chi connectivity index (χ1n) is 12.5. The van der Waals surface area contributed by atoms with E-state index in [-0.39, 0.29) is 23.4 Å². The lowest BCUT2D eigenvalue weighted by Gasteiger charge is -2.28. The molecule has 2 aromatic rings. The van der Waals surface area contributed by atoms with Crippen molar-refractivity contribution in [2.75, 3.05) is 26.4 Å². The van der Waals surface area contributed by atoms with Crippen LogP contribution in [-0.4, -0.2) is 58.4 Å². The first-order chi connectivity index (χ1) is 16.7. The van der Waals surface area contributed by atoms with E-state index in [0.29, 0.717) is 51.1 Å². The van der Waals surface area contributed by atoms with Crippen LogP contribution in [0.3, 0.4) is 0 Å². The predicted octanol–water partition coefficient (Wildman–Crippen LogP) is 3.00. The monoisotopic (exact) mass is 464 g/mol. The molecule has 0 N–H and O–H groups in total. The van der Waals surface area contributed by atoms with Crippen LogP contribution in [0.25, 0.3) is 0 Å². The Balaban J connectivity index is 1.16. The molecule has 3 fully saturated rings. The summed E-state index contributed by atoms with van der Waals surface area (Å²) < 4.78 is 10.6. The van der Waals surface area contributed by atoms with Gasteiger partial charge in [-0.05, 0) is 56.4 Å². The molecule has 180 valence electrons. The minimum absolute atomic E-state index is 0.00271. The van der Waals surface area contributed by atoms with E-state index in [9.17, 15) is 9.59 Å². The summed E-state index contributed by atoms with van der Waals surface area (Å²) in [5.74, 6) is 1.04. The van der Waals surface area contributed by atoms with Gasteiger partial charge in [-0.3, -0.25) is 9.59 Å². The molecule has 4 atom stereocenters. The van der Waals surface area contributed by atoms with Gasteiger partial charge in [-0.2, -0.15) is 20.4 Å². The Morgan fingerprint density at radius 1 is 0.706 bits per heavy atom. The third kappa shape index (κ3) is 5.55. The molecule has 2 saturated heterocycles. The molecule has 8 heteroatoms. The SMILES string of the molecule is O=C(Cc1ccc([C@H]2CCC[C@H](c3ccc(CC(=O)C4CCOC4)nn3)C2)nn1)C1CCOC1. The van der Waals surface area contributed by atoms with Crippen molar-refractivity contribution in [1.82, 2.24) is 20.4 Å². The van der Waals surface area contributed by atoms with Crippen LogP contribution in [-0.2, 0) is 31.9 Å². The number of ketones is 2. The van der Waals surface area contributed by atoms with E-state index in [1.54, 1.807) is 0 Å². The van der Waals surface area contributed by atoms with Crippen LogP contribution in [0.2, 0.25) is 0 Å². The van der Waals surface area contributed by atoms with Crippen LogP contribution in [0.4, 0.5) is 0 Å². The minimum Gasteiger partial charge on any atom is -0.381 e. The lowest BCUT2D eigenvalue weighted by Crippen LogP contribution is -2.19. The third-order valence-corrected chi connectivity index (χ3v) is 7.47. The van der Waals surface area contributed by atoms with E-state index in [2.05, 4.69) is 20.4 Å². The van der Waals surface area contributed by atoms with E-state index in [1.807, 2.05) is 24.3 Å². The van der Waals surface area contributed by atoms with Crippen molar-refractivity contribution in [2.45, 2.75) is 63.2 Å². The molecule has 2 aliphatic heterocycles. The molecule has 1 saturated carbocycles. The number of carbonyl (C=O) groups excluding carboxylic acids is 2. The maximum atomic E-state index is 12.4. The fourth-order valence-electron chi connectivity index (χ4n) is 5.31. The highest BCUT2D eigenvalue weighted by molar-refractivity contribution is 5.83. The average Bonchev–Trinajstić information content (AvgIpc) is 3.60. The van der Waals surface area contributed by atoms with E-state index in [4.69, 9.17) is 9.47 Å². The maximum Gasteiger partial charge on any atom is 0.144 e. The fraction of sp³-hybridized carbons (Fsp3) is 0.615. The number of carbonyl (C=O) groups is 2. The summed E-state index contributed by atoms with van der Waals surface area (Å²) in [5, 5.41) is 17.7. The first kappa shape index (κ1) is 23.2. The Labute approximate surface area is 199 Å². The minimum atomic E-state index is 0.00271. The van der Waals surface area contributed by atoms with Crippen LogP contribution >= 0.6 is 0 Å². The van der Waals surface area contributed by atoms with E-state index < -0.39 is 0 Å². The van der Waals surface area contributed by atoms with Crippen molar-refractivity contribution in [3.8, 4) is 0 Å². The van der Waals surface area contributed by atoms with Crippen molar-refractivity contribution < 1.29 is 19.1 Å². The zero-order valence-electron chi connectivity index (χ0n) is 19.5. The van der Waals surface area contributed by atoms with Crippen LogP contribution in [0.1, 0.15) is 73.1 Å². The van der Waals surface area contributed by atoms with Crippen molar-refractivity contribution in [3.05, 3.63) is 47.0 Å². The van der Waals surface area contributed by atoms with Gasteiger partial charge in [0.1, 0.15) is 11.6 Å². The molecular formula is C26H32N4O4. The molecule has 2 unspecified atom stereocenters. The van der Waals surface area contributed by atoms with Gasteiger partial charge in [0.2, 0.25) is 0 Å². The average molecular weight is 465 g/mol. The zero-order chi connectivity index (χ0) is 23.3. The van der Waals surface area contributed by atoms with Crippen molar-refractivity contribution in [3.63, 3.8) is 0 Å². The summed E-state index contributed by atoms with van der Waals surface area (Å²) in [5.41, 5.74) is 3.43. The molecule has 2 aromatic heterocycles. The van der Waals surface area contributed by atoms with E-state index in [0.717, 1.165) is 61.3 Å². The molecule has 0 bridgehead atoms. The number of ether oxygens (including phenoxy) is 2. The van der Waals surface area contributed by atoms with Crippen LogP contribution in [0.5, 0.6) is 0 Å². The molecule has 3 aliphatic rings. The Morgan fingerprint density at radius 2 is 1.21 bits per heavy atom. The quantitative estimate of drug-likeness (QED) is 0.587. The van der Waals surface area contributed by atoms with Gasteiger partial charge in [0.05, 0.1) is 48.8 Å². The van der Waals surface area contributed by atoms with Gasteiger partial charge in [-0.1, -0.05) is 6.42 Å². The third-order valence-electron chi connectivity index (χ3n) is 7.47. The fourth-order valence-corrected chi connectivity index (χ4v) is 5.31. The molecule has 0 amide bonds. The van der Waals surface area contributed by atoms with E-state index in [1.165, 1.54) is 0 Å². The maximum absolute atomic E-state index is 12.4. The number of rotatable bonds is 8. The molecule has 1 aliphatic carbocycles.